The molecule has 5 nitrogen and oxygen atoms in total. The quantitative estimate of drug-likeness (QED) is 0.750. The molecule has 0 bridgehead atoms. The van der Waals surface area contributed by atoms with Gasteiger partial charge in [-0.15, -0.1) is 0 Å². The minimum Gasteiger partial charge on any atom is -0.480 e. The van der Waals surface area contributed by atoms with Crippen LogP contribution >= 0.6 is 11.6 Å². The van der Waals surface area contributed by atoms with Crippen LogP contribution in [-0.4, -0.2) is 23.0 Å². The van der Waals surface area contributed by atoms with Crippen molar-refractivity contribution in [3.05, 3.63) is 23.2 Å². The minimum absolute atomic E-state index is 0.112. The summed E-state index contributed by atoms with van der Waals surface area (Å²) in [5.74, 6) is -1.06. The highest BCUT2D eigenvalue weighted by Gasteiger charge is 2.16. The van der Waals surface area contributed by atoms with Gasteiger partial charge in [0.05, 0.1) is 10.7 Å². The fraction of sp³-hybridized carbons (Fsp3) is 0.385. The summed E-state index contributed by atoms with van der Waals surface area (Å²) in [7, 11) is 0. The first-order valence-corrected chi connectivity index (χ1v) is 6.44. The maximum absolute atomic E-state index is 11.3. The van der Waals surface area contributed by atoms with Crippen LogP contribution in [0.25, 0.3) is 0 Å². The second-order valence-electron chi connectivity index (χ2n) is 4.04. The number of rotatable bonds is 6. The SMILES string of the molecule is CCC(=O)Nc1ccc(Cl)c(NC(CC)C(=O)O)c1. The number of aliphatic carboxylic acids is 1. The van der Waals surface area contributed by atoms with Crippen molar-refractivity contribution >= 4 is 34.9 Å². The molecule has 0 aliphatic heterocycles. The molecule has 6 heteroatoms. The van der Waals surface area contributed by atoms with Crippen molar-refractivity contribution < 1.29 is 14.7 Å². The minimum atomic E-state index is -0.943. The molecule has 3 N–H and O–H groups in total. The summed E-state index contributed by atoms with van der Waals surface area (Å²) in [6.45, 7) is 3.52. The molecule has 0 radical (unpaired) electrons. The average molecular weight is 285 g/mol. The van der Waals surface area contributed by atoms with E-state index in [9.17, 15) is 9.59 Å². The number of amides is 1. The number of nitrogens with one attached hydrogen (secondary N) is 2. The molecule has 1 aromatic rings. The van der Waals surface area contributed by atoms with Gasteiger partial charge in [0.1, 0.15) is 6.04 Å². The molecule has 0 saturated heterocycles. The molecular weight excluding hydrogens is 268 g/mol. The van der Waals surface area contributed by atoms with E-state index in [1.54, 1.807) is 32.0 Å². The summed E-state index contributed by atoms with van der Waals surface area (Å²) in [4.78, 5) is 22.3. The molecule has 104 valence electrons. The Morgan fingerprint density at radius 3 is 2.58 bits per heavy atom. The van der Waals surface area contributed by atoms with Crippen LogP contribution < -0.4 is 10.6 Å². The highest BCUT2D eigenvalue weighted by molar-refractivity contribution is 6.33. The number of carbonyl (C=O) groups excluding carboxylic acids is 1. The lowest BCUT2D eigenvalue weighted by Crippen LogP contribution is -2.28. The molecule has 1 aromatic carbocycles. The van der Waals surface area contributed by atoms with E-state index in [1.165, 1.54) is 0 Å². The van der Waals surface area contributed by atoms with Crippen LogP contribution in [0, 0.1) is 0 Å². The van der Waals surface area contributed by atoms with E-state index in [0.29, 0.717) is 29.2 Å². The molecule has 0 fully saturated rings. The summed E-state index contributed by atoms with van der Waals surface area (Å²) in [6.07, 6.45) is 0.801. The maximum Gasteiger partial charge on any atom is 0.326 e. The highest BCUT2D eigenvalue weighted by atomic mass is 35.5. The van der Waals surface area contributed by atoms with E-state index in [0.717, 1.165) is 0 Å². The van der Waals surface area contributed by atoms with Crippen LogP contribution in [0.2, 0.25) is 5.02 Å². The van der Waals surface area contributed by atoms with Crippen LogP contribution in [0.15, 0.2) is 18.2 Å². The predicted octanol–water partition coefficient (Wildman–Crippen LogP) is 2.96. The van der Waals surface area contributed by atoms with Gasteiger partial charge < -0.3 is 15.7 Å². The number of halogens is 1. The first-order chi connectivity index (χ1) is 8.97. The van der Waals surface area contributed by atoms with Gasteiger partial charge in [0.15, 0.2) is 0 Å². The van der Waals surface area contributed by atoms with Crippen LogP contribution in [0.4, 0.5) is 11.4 Å². The van der Waals surface area contributed by atoms with Gasteiger partial charge in [-0.05, 0) is 24.6 Å². The van der Waals surface area contributed by atoms with Gasteiger partial charge in [-0.1, -0.05) is 25.4 Å². The zero-order chi connectivity index (χ0) is 14.4. The van der Waals surface area contributed by atoms with Crippen molar-refractivity contribution in [2.75, 3.05) is 10.6 Å². The number of hydrogen-bond acceptors (Lipinski definition) is 3. The van der Waals surface area contributed by atoms with Gasteiger partial charge >= 0.3 is 5.97 Å². The number of carboxylic acid groups (broad SMARTS) is 1. The van der Waals surface area contributed by atoms with Gasteiger partial charge in [0.25, 0.3) is 0 Å². The van der Waals surface area contributed by atoms with E-state index in [4.69, 9.17) is 16.7 Å². The van der Waals surface area contributed by atoms with Crippen molar-refractivity contribution in [2.24, 2.45) is 0 Å². The first kappa shape index (κ1) is 15.3. The Morgan fingerprint density at radius 1 is 1.37 bits per heavy atom. The molecule has 1 rings (SSSR count). The van der Waals surface area contributed by atoms with Gasteiger partial charge in [-0.3, -0.25) is 4.79 Å². The van der Waals surface area contributed by atoms with Gasteiger partial charge in [-0.2, -0.15) is 0 Å². The van der Waals surface area contributed by atoms with Crippen molar-refractivity contribution in [1.82, 2.24) is 0 Å². The lowest BCUT2D eigenvalue weighted by atomic mass is 10.2. The summed E-state index contributed by atoms with van der Waals surface area (Å²) in [5, 5.41) is 15.0. The molecule has 0 spiro atoms. The number of benzene rings is 1. The Kier molecular flexibility index (Phi) is 5.63. The number of hydrogen-bond donors (Lipinski definition) is 3. The Balaban J connectivity index is 2.90. The molecule has 1 amide bonds. The predicted molar refractivity (Wildman–Crippen MR) is 75.7 cm³/mol. The second kappa shape index (κ2) is 6.99. The van der Waals surface area contributed by atoms with Crippen LogP contribution in [-0.2, 0) is 9.59 Å². The Labute approximate surface area is 117 Å². The molecule has 0 aliphatic carbocycles. The summed E-state index contributed by atoms with van der Waals surface area (Å²) >= 11 is 6.00. The summed E-state index contributed by atoms with van der Waals surface area (Å²) in [6, 6.07) is 4.20. The van der Waals surface area contributed by atoms with E-state index in [2.05, 4.69) is 10.6 Å². The number of carboxylic acids is 1. The normalized spacial score (nSPS) is 11.7. The van der Waals surface area contributed by atoms with Crippen molar-refractivity contribution in [3.8, 4) is 0 Å². The monoisotopic (exact) mass is 284 g/mol. The highest BCUT2D eigenvalue weighted by Crippen LogP contribution is 2.26. The smallest absolute Gasteiger partial charge is 0.326 e. The lowest BCUT2D eigenvalue weighted by Gasteiger charge is -2.16. The molecule has 0 aromatic heterocycles. The van der Waals surface area contributed by atoms with E-state index < -0.39 is 12.0 Å². The van der Waals surface area contributed by atoms with Crippen molar-refractivity contribution in [2.45, 2.75) is 32.7 Å². The van der Waals surface area contributed by atoms with Gasteiger partial charge in [0, 0.05) is 12.1 Å². The Morgan fingerprint density at radius 2 is 2.05 bits per heavy atom. The van der Waals surface area contributed by atoms with Crippen LogP contribution in [0.5, 0.6) is 0 Å². The summed E-state index contributed by atoms with van der Waals surface area (Å²) in [5.41, 5.74) is 1.07. The molecule has 0 saturated carbocycles. The van der Waals surface area contributed by atoms with Gasteiger partial charge in [0.2, 0.25) is 5.91 Å². The summed E-state index contributed by atoms with van der Waals surface area (Å²) < 4.78 is 0. The lowest BCUT2D eigenvalue weighted by molar-refractivity contribution is -0.138. The number of carbonyl (C=O) groups is 2. The molecule has 1 atom stereocenters. The third-order valence-electron chi connectivity index (χ3n) is 2.61. The third-order valence-corrected chi connectivity index (χ3v) is 2.94. The molecule has 0 heterocycles. The largest absolute Gasteiger partial charge is 0.480 e. The van der Waals surface area contributed by atoms with Gasteiger partial charge in [-0.25, -0.2) is 4.79 Å². The number of anilines is 2. The van der Waals surface area contributed by atoms with Crippen LogP contribution in [0.3, 0.4) is 0 Å². The Bertz CT molecular complexity index is 477. The van der Waals surface area contributed by atoms with E-state index >= 15 is 0 Å². The zero-order valence-corrected chi connectivity index (χ0v) is 11.6. The molecule has 0 aliphatic rings. The average Bonchev–Trinajstić information content (AvgIpc) is 2.38. The van der Waals surface area contributed by atoms with Crippen molar-refractivity contribution in [1.29, 1.82) is 0 Å². The third kappa shape index (κ3) is 4.44. The fourth-order valence-corrected chi connectivity index (χ4v) is 1.66. The van der Waals surface area contributed by atoms with E-state index in [-0.39, 0.29) is 5.91 Å². The standard InChI is InChI=1S/C13H17ClN2O3/c1-3-10(13(18)19)16-11-7-8(5-6-9(11)14)15-12(17)4-2/h5-7,10,16H,3-4H2,1-2H3,(H,15,17)(H,18,19). The molecule has 1 unspecified atom stereocenters. The maximum atomic E-state index is 11.3. The molecular formula is C13H17ClN2O3. The zero-order valence-electron chi connectivity index (χ0n) is 10.9. The van der Waals surface area contributed by atoms with E-state index in [1.807, 2.05) is 0 Å². The van der Waals surface area contributed by atoms with Crippen molar-refractivity contribution in [3.63, 3.8) is 0 Å². The van der Waals surface area contributed by atoms with Crippen LogP contribution in [0.1, 0.15) is 26.7 Å². The fourth-order valence-electron chi connectivity index (χ4n) is 1.49. The topological polar surface area (TPSA) is 78.4 Å². The second-order valence-corrected chi connectivity index (χ2v) is 4.45. The first-order valence-electron chi connectivity index (χ1n) is 6.06. The molecule has 19 heavy (non-hydrogen) atoms. The Hall–Kier alpha value is -1.75.